The summed E-state index contributed by atoms with van der Waals surface area (Å²) in [6.45, 7) is 1.72. The van der Waals surface area contributed by atoms with Crippen molar-refractivity contribution in [2.24, 2.45) is 0 Å². The molecule has 0 aliphatic carbocycles. The Bertz CT molecular complexity index is 921. The Morgan fingerprint density at radius 1 is 1.12 bits per heavy atom. The zero-order valence-electron chi connectivity index (χ0n) is 14.1. The number of carboxylic acids is 1. The Kier molecular flexibility index (Phi) is 5.38. The van der Waals surface area contributed by atoms with Gasteiger partial charge in [-0.05, 0) is 19.1 Å². The van der Waals surface area contributed by atoms with E-state index in [1.807, 2.05) is 42.5 Å². The Labute approximate surface area is 154 Å². The summed E-state index contributed by atoms with van der Waals surface area (Å²) in [5.74, 6) is -1.29. The van der Waals surface area contributed by atoms with Gasteiger partial charge in [0.15, 0.2) is 0 Å². The lowest BCUT2D eigenvalue weighted by atomic mass is 10.1. The standard InChI is InChI=1S/C19H17N3O3S/c1-12-18(19(24)25)16(11-26-12)20-17(23)10-8-14-7-9-15(22-21-14)13-5-3-2-4-6-13/h2-7,9,11H,8,10H2,1H3,(H,20,23)(H,24,25). The molecule has 0 unspecified atom stereocenters. The molecule has 0 spiro atoms. The topological polar surface area (TPSA) is 92.2 Å². The number of aromatic nitrogens is 2. The van der Waals surface area contributed by atoms with Gasteiger partial charge in [0.05, 0.1) is 22.6 Å². The number of aryl methyl sites for hydroxylation is 2. The molecule has 0 saturated heterocycles. The van der Waals surface area contributed by atoms with Crippen molar-refractivity contribution in [2.45, 2.75) is 19.8 Å². The number of carbonyl (C=O) groups excluding carboxylic acids is 1. The number of carbonyl (C=O) groups is 2. The van der Waals surface area contributed by atoms with Crippen LogP contribution in [-0.4, -0.2) is 27.2 Å². The van der Waals surface area contributed by atoms with Crippen LogP contribution in [0, 0.1) is 6.92 Å². The maximum atomic E-state index is 12.1. The van der Waals surface area contributed by atoms with Crippen molar-refractivity contribution in [1.29, 1.82) is 0 Å². The highest BCUT2D eigenvalue weighted by molar-refractivity contribution is 7.10. The average molecular weight is 367 g/mol. The zero-order chi connectivity index (χ0) is 18.5. The highest BCUT2D eigenvalue weighted by Gasteiger charge is 2.17. The van der Waals surface area contributed by atoms with Crippen molar-refractivity contribution < 1.29 is 14.7 Å². The van der Waals surface area contributed by atoms with E-state index in [0.29, 0.717) is 22.7 Å². The van der Waals surface area contributed by atoms with Crippen LogP contribution < -0.4 is 5.32 Å². The van der Waals surface area contributed by atoms with E-state index in [1.165, 1.54) is 11.3 Å². The van der Waals surface area contributed by atoms with Crippen LogP contribution in [0.1, 0.15) is 27.3 Å². The molecule has 6 nitrogen and oxygen atoms in total. The number of rotatable bonds is 6. The summed E-state index contributed by atoms with van der Waals surface area (Å²) in [7, 11) is 0. The van der Waals surface area contributed by atoms with Crippen molar-refractivity contribution in [3.8, 4) is 11.3 Å². The number of benzene rings is 1. The molecule has 1 amide bonds. The normalized spacial score (nSPS) is 10.5. The molecule has 0 bridgehead atoms. The first-order valence-corrected chi connectivity index (χ1v) is 8.92. The summed E-state index contributed by atoms with van der Waals surface area (Å²) < 4.78 is 0. The van der Waals surface area contributed by atoms with Gasteiger partial charge in [-0.15, -0.1) is 11.3 Å². The first-order valence-electron chi connectivity index (χ1n) is 8.04. The van der Waals surface area contributed by atoms with Gasteiger partial charge in [0.1, 0.15) is 0 Å². The Balaban J connectivity index is 1.59. The molecule has 2 heterocycles. The van der Waals surface area contributed by atoms with Gasteiger partial charge in [0.25, 0.3) is 0 Å². The van der Waals surface area contributed by atoms with Gasteiger partial charge < -0.3 is 10.4 Å². The van der Waals surface area contributed by atoms with Crippen LogP contribution in [-0.2, 0) is 11.2 Å². The predicted molar refractivity (Wildman–Crippen MR) is 100 cm³/mol. The average Bonchev–Trinajstić information content (AvgIpc) is 3.01. The molecule has 2 N–H and O–H groups in total. The summed E-state index contributed by atoms with van der Waals surface area (Å²) in [6.07, 6.45) is 0.632. The van der Waals surface area contributed by atoms with Gasteiger partial charge in [-0.1, -0.05) is 30.3 Å². The highest BCUT2D eigenvalue weighted by Crippen LogP contribution is 2.26. The smallest absolute Gasteiger partial charge is 0.338 e. The lowest BCUT2D eigenvalue weighted by Gasteiger charge is -2.05. The van der Waals surface area contributed by atoms with Crippen molar-refractivity contribution >= 4 is 28.9 Å². The second-order valence-corrected chi connectivity index (χ2v) is 6.79. The minimum absolute atomic E-state index is 0.148. The SMILES string of the molecule is Cc1scc(NC(=O)CCc2ccc(-c3ccccc3)nn2)c1C(=O)O. The van der Waals surface area contributed by atoms with Crippen molar-refractivity contribution in [3.05, 3.63) is 64.0 Å². The van der Waals surface area contributed by atoms with Gasteiger partial charge in [-0.3, -0.25) is 4.79 Å². The molecule has 3 rings (SSSR count). The summed E-state index contributed by atoms with van der Waals surface area (Å²) in [6, 6.07) is 13.5. The molecular formula is C19H17N3O3S. The van der Waals surface area contributed by atoms with Crippen molar-refractivity contribution in [2.75, 3.05) is 5.32 Å². The number of anilines is 1. The maximum absolute atomic E-state index is 12.1. The van der Waals surface area contributed by atoms with Gasteiger partial charge >= 0.3 is 5.97 Å². The van der Waals surface area contributed by atoms with E-state index < -0.39 is 5.97 Å². The van der Waals surface area contributed by atoms with E-state index in [4.69, 9.17) is 0 Å². The predicted octanol–water partition coefficient (Wildman–Crippen LogP) is 3.78. The fraction of sp³-hybridized carbons (Fsp3) is 0.158. The van der Waals surface area contributed by atoms with Gasteiger partial charge in [-0.25, -0.2) is 4.79 Å². The number of hydrogen-bond donors (Lipinski definition) is 2. The largest absolute Gasteiger partial charge is 0.478 e. The quantitative estimate of drug-likeness (QED) is 0.692. The third kappa shape index (κ3) is 4.12. The van der Waals surface area contributed by atoms with Crippen molar-refractivity contribution in [1.82, 2.24) is 10.2 Å². The minimum atomic E-state index is -1.04. The molecule has 26 heavy (non-hydrogen) atoms. The third-order valence-corrected chi connectivity index (χ3v) is 4.77. The van der Waals surface area contributed by atoms with Crippen LogP contribution in [0.4, 0.5) is 5.69 Å². The summed E-state index contributed by atoms with van der Waals surface area (Å²) in [4.78, 5) is 24.0. The first-order chi connectivity index (χ1) is 12.5. The molecule has 0 saturated carbocycles. The summed E-state index contributed by atoms with van der Waals surface area (Å²) in [5, 5.41) is 21.9. The molecule has 0 fully saturated rings. The molecule has 1 aromatic carbocycles. The van der Waals surface area contributed by atoms with Gasteiger partial charge in [-0.2, -0.15) is 10.2 Å². The zero-order valence-corrected chi connectivity index (χ0v) is 14.9. The van der Waals surface area contributed by atoms with E-state index in [-0.39, 0.29) is 17.9 Å². The Hall–Kier alpha value is -3.06. The van der Waals surface area contributed by atoms with E-state index in [1.54, 1.807) is 12.3 Å². The molecule has 7 heteroatoms. The summed E-state index contributed by atoms with van der Waals surface area (Å²) >= 11 is 1.30. The summed E-state index contributed by atoms with van der Waals surface area (Å²) in [5.41, 5.74) is 2.96. The van der Waals surface area contributed by atoms with Crippen LogP contribution >= 0.6 is 11.3 Å². The molecule has 0 aliphatic rings. The molecule has 3 aromatic rings. The van der Waals surface area contributed by atoms with E-state index in [9.17, 15) is 14.7 Å². The van der Waals surface area contributed by atoms with Crippen LogP contribution in [0.2, 0.25) is 0 Å². The number of aromatic carboxylic acids is 1. The van der Waals surface area contributed by atoms with Gasteiger partial charge in [0.2, 0.25) is 5.91 Å². The van der Waals surface area contributed by atoms with Crippen LogP contribution in [0.3, 0.4) is 0 Å². The molecule has 0 radical (unpaired) electrons. The van der Waals surface area contributed by atoms with Crippen LogP contribution in [0.5, 0.6) is 0 Å². The van der Waals surface area contributed by atoms with E-state index >= 15 is 0 Å². The van der Waals surface area contributed by atoms with E-state index in [0.717, 1.165) is 11.3 Å². The maximum Gasteiger partial charge on any atom is 0.338 e. The lowest BCUT2D eigenvalue weighted by Crippen LogP contribution is -2.14. The van der Waals surface area contributed by atoms with Crippen molar-refractivity contribution in [3.63, 3.8) is 0 Å². The lowest BCUT2D eigenvalue weighted by molar-refractivity contribution is -0.116. The minimum Gasteiger partial charge on any atom is -0.478 e. The number of nitrogens with zero attached hydrogens (tertiary/aromatic N) is 2. The highest BCUT2D eigenvalue weighted by atomic mass is 32.1. The molecular weight excluding hydrogens is 350 g/mol. The second-order valence-electron chi connectivity index (χ2n) is 5.71. The number of amides is 1. The first kappa shape index (κ1) is 17.8. The molecule has 0 atom stereocenters. The molecule has 2 aromatic heterocycles. The monoisotopic (exact) mass is 367 g/mol. The molecule has 132 valence electrons. The number of hydrogen-bond acceptors (Lipinski definition) is 5. The fourth-order valence-corrected chi connectivity index (χ4v) is 3.31. The number of thiophene rings is 1. The van der Waals surface area contributed by atoms with Gasteiger partial charge in [0, 0.05) is 28.7 Å². The fourth-order valence-electron chi connectivity index (χ4n) is 2.52. The second kappa shape index (κ2) is 7.88. The molecule has 0 aliphatic heterocycles. The number of carboxylic acid groups (broad SMARTS) is 1. The van der Waals surface area contributed by atoms with Crippen LogP contribution in [0.25, 0.3) is 11.3 Å². The van der Waals surface area contributed by atoms with Crippen LogP contribution in [0.15, 0.2) is 47.8 Å². The number of nitrogens with one attached hydrogen (secondary N) is 1. The van der Waals surface area contributed by atoms with E-state index in [2.05, 4.69) is 15.5 Å². The Morgan fingerprint density at radius 3 is 2.54 bits per heavy atom. The Morgan fingerprint density at radius 2 is 1.88 bits per heavy atom. The third-order valence-electron chi connectivity index (χ3n) is 3.86.